The van der Waals surface area contributed by atoms with Crippen molar-refractivity contribution in [2.45, 2.75) is 26.3 Å². The van der Waals surface area contributed by atoms with Crippen LogP contribution in [0.2, 0.25) is 0 Å². The van der Waals surface area contributed by atoms with Gasteiger partial charge in [-0.3, -0.25) is 9.78 Å². The van der Waals surface area contributed by atoms with Gasteiger partial charge < -0.3 is 10.2 Å². The summed E-state index contributed by atoms with van der Waals surface area (Å²) in [6.45, 7) is 5.42. The molecule has 25 heavy (non-hydrogen) atoms. The van der Waals surface area contributed by atoms with Gasteiger partial charge >= 0.3 is 0 Å². The summed E-state index contributed by atoms with van der Waals surface area (Å²) in [7, 11) is 0. The molecule has 2 aromatic rings. The van der Waals surface area contributed by atoms with Gasteiger partial charge in [0.2, 0.25) is 5.91 Å². The third-order valence-corrected chi connectivity index (χ3v) is 4.91. The zero-order valence-corrected chi connectivity index (χ0v) is 16.6. The van der Waals surface area contributed by atoms with E-state index in [9.17, 15) is 4.79 Å². The molecule has 0 aromatic carbocycles. The number of thiazole rings is 1. The maximum atomic E-state index is 12.8. The molecule has 1 aliphatic rings. The molecule has 0 aliphatic carbocycles. The molecule has 1 saturated heterocycles. The molecule has 0 bridgehead atoms. The third-order valence-electron chi connectivity index (χ3n) is 4.09. The van der Waals surface area contributed by atoms with Gasteiger partial charge in [-0.1, -0.05) is 6.07 Å². The first kappa shape index (κ1) is 21.8. The van der Waals surface area contributed by atoms with Crippen LogP contribution in [0.5, 0.6) is 0 Å². The first-order chi connectivity index (χ1) is 11.2. The molecule has 0 spiro atoms. The lowest BCUT2D eigenvalue weighted by atomic mass is 10.1. The number of carbonyl (C=O) groups is 1. The number of halogens is 2. The van der Waals surface area contributed by atoms with Crippen LogP contribution in [0, 0.1) is 12.8 Å². The number of rotatable bonds is 6. The van der Waals surface area contributed by atoms with Crippen LogP contribution in [0.3, 0.4) is 0 Å². The lowest BCUT2D eigenvalue weighted by molar-refractivity contribution is -0.131. The Morgan fingerprint density at radius 3 is 2.88 bits per heavy atom. The van der Waals surface area contributed by atoms with E-state index in [1.807, 2.05) is 35.5 Å². The van der Waals surface area contributed by atoms with E-state index in [0.29, 0.717) is 18.9 Å². The Kier molecular flexibility index (Phi) is 9.35. The lowest BCUT2D eigenvalue weighted by Gasteiger charge is -2.25. The fourth-order valence-electron chi connectivity index (χ4n) is 2.90. The van der Waals surface area contributed by atoms with E-state index < -0.39 is 0 Å². The maximum Gasteiger partial charge on any atom is 0.228 e. The molecule has 1 N–H and O–H groups in total. The van der Waals surface area contributed by atoms with Gasteiger partial charge in [0.1, 0.15) is 0 Å². The van der Waals surface area contributed by atoms with E-state index >= 15 is 0 Å². The molecule has 1 fully saturated rings. The number of nitrogens with one attached hydrogen (secondary N) is 1. The zero-order valence-electron chi connectivity index (χ0n) is 14.2. The van der Waals surface area contributed by atoms with Crippen LogP contribution in [-0.4, -0.2) is 40.4 Å². The molecule has 1 unspecified atom stereocenters. The van der Waals surface area contributed by atoms with E-state index in [-0.39, 0.29) is 30.7 Å². The van der Waals surface area contributed by atoms with E-state index in [1.54, 1.807) is 17.5 Å². The van der Waals surface area contributed by atoms with Gasteiger partial charge in [-0.25, -0.2) is 4.98 Å². The lowest BCUT2D eigenvalue weighted by Crippen LogP contribution is -2.36. The first-order valence-electron chi connectivity index (χ1n) is 7.99. The predicted molar refractivity (Wildman–Crippen MR) is 106 cm³/mol. The second-order valence-electron chi connectivity index (χ2n) is 6.03. The van der Waals surface area contributed by atoms with Crippen molar-refractivity contribution in [3.05, 3.63) is 46.2 Å². The Morgan fingerprint density at radius 2 is 2.28 bits per heavy atom. The Balaban J connectivity index is 0.00000156. The Labute approximate surface area is 165 Å². The summed E-state index contributed by atoms with van der Waals surface area (Å²) in [5.74, 6) is 0.679. The minimum Gasteiger partial charge on any atom is -0.338 e. The van der Waals surface area contributed by atoms with Crippen LogP contribution in [0.15, 0.2) is 29.9 Å². The maximum absolute atomic E-state index is 12.8. The number of nitrogens with zero attached hydrogens (tertiary/aromatic N) is 3. The molecule has 0 saturated carbocycles. The van der Waals surface area contributed by atoms with Crippen LogP contribution >= 0.6 is 36.2 Å². The predicted octanol–water partition coefficient (Wildman–Crippen LogP) is 2.87. The number of aryl methyl sites for hydroxylation is 1. The number of pyridine rings is 1. The molecule has 3 rings (SSSR count). The monoisotopic (exact) mass is 402 g/mol. The summed E-state index contributed by atoms with van der Waals surface area (Å²) in [6.07, 6.45) is 5.10. The Hall–Kier alpha value is -1.21. The first-order valence-corrected chi connectivity index (χ1v) is 8.87. The second-order valence-corrected chi connectivity index (χ2v) is 7.09. The van der Waals surface area contributed by atoms with Crippen LogP contribution in [-0.2, 0) is 17.8 Å². The number of hydrogen-bond acceptors (Lipinski definition) is 5. The van der Waals surface area contributed by atoms with Crippen molar-refractivity contribution in [2.75, 3.05) is 19.6 Å². The van der Waals surface area contributed by atoms with Gasteiger partial charge in [0.15, 0.2) is 0 Å². The van der Waals surface area contributed by atoms with E-state index in [1.165, 1.54) is 0 Å². The topological polar surface area (TPSA) is 58.1 Å². The average Bonchev–Trinajstić information content (AvgIpc) is 3.19. The summed E-state index contributed by atoms with van der Waals surface area (Å²) in [5, 5.41) is 6.36. The van der Waals surface area contributed by atoms with Gasteiger partial charge in [0.25, 0.3) is 0 Å². The number of hydrogen-bond donors (Lipinski definition) is 1. The van der Waals surface area contributed by atoms with Crippen LogP contribution in [0.1, 0.15) is 22.7 Å². The van der Waals surface area contributed by atoms with Gasteiger partial charge in [-0.2, -0.15) is 0 Å². The molecule has 2 aromatic heterocycles. The largest absolute Gasteiger partial charge is 0.338 e. The van der Waals surface area contributed by atoms with Crippen LogP contribution in [0.25, 0.3) is 0 Å². The summed E-state index contributed by atoms with van der Waals surface area (Å²) in [6, 6.07) is 3.94. The normalized spacial score (nSPS) is 16.0. The molecule has 8 heteroatoms. The highest BCUT2D eigenvalue weighted by atomic mass is 35.5. The molecule has 138 valence electrons. The average molecular weight is 403 g/mol. The van der Waals surface area contributed by atoms with Crippen LogP contribution in [0.4, 0.5) is 0 Å². The smallest absolute Gasteiger partial charge is 0.228 e. The Morgan fingerprint density at radius 1 is 1.44 bits per heavy atom. The zero-order chi connectivity index (χ0) is 16.1. The van der Waals surface area contributed by atoms with Crippen molar-refractivity contribution in [1.29, 1.82) is 0 Å². The van der Waals surface area contributed by atoms with Crippen molar-refractivity contribution >= 4 is 42.1 Å². The van der Waals surface area contributed by atoms with E-state index in [2.05, 4.69) is 15.3 Å². The van der Waals surface area contributed by atoms with Gasteiger partial charge in [0, 0.05) is 30.9 Å². The highest BCUT2D eigenvalue weighted by Crippen LogP contribution is 2.15. The molecular weight excluding hydrogens is 379 g/mol. The standard InChI is InChI=1S/C17H22N4OS.2ClH/c1-13-20-16(12-23-13)7-17(22)21(11-15-4-6-19-9-15)10-14-3-2-5-18-8-14;;/h2-3,5,8,12,15,19H,4,6-7,9-11H2,1H3;2*1H. The van der Waals surface area contributed by atoms with Crippen molar-refractivity contribution in [1.82, 2.24) is 20.2 Å². The van der Waals surface area contributed by atoms with Crippen molar-refractivity contribution in [3.8, 4) is 0 Å². The molecular formula is C17H24Cl2N4OS. The fraction of sp³-hybridized carbons (Fsp3) is 0.471. The highest BCUT2D eigenvalue weighted by Gasteiger charge is 2.22. The minimum atomic E-state index is 0. The van der Waals surface area contributed by atoms with Crippen molar-refractivity contribution < 1.29 is 4.79 Å². The van der Waals surface area contributed by atoms with Crippen molar-refractivity contribution in [2.24, 2.45) is 5.92 Å². The summed E-state index contributed by atoms with van der Waals surface area (Å²) in [4.78, 5) is 23.3. The quantitative estimate of drug-likeness (QED) is 0.806. The number of carbonyl (C=O) groups excluding carboxylic acids is 1. The highest BCUT2D eigenvalue weighted by molar-refractivity contribution is 7.09. The second kappa shape index (κ2) is 10.7. The van der Waals surface area contributed by atoms with Gasteiger partial charge in [-0.05, 0) is 44.0 Å². The summed E-state index contributed by atoms with van der Waals surface area (Å²) < 4.78 is 0. The number of amides is 1. The Bertz CT molecular complexity index is 647. The summed E-state index contributed by atoms with van der Waals surface area (Å²) >= 11 is 1.59. The fourth-order valence-corrected chi connectivity index (χ4v) is 3.52. The molecule has 3 heterocycles. The van der Waals surface area contributed by atoms with Gasteiger partial charge in [-0.15, -0.1) is 36.2 Å². The SMILES string of the molecule is Cc1nc(CC(=O)N(Cc2cccnc2)CC2CCNC2)cs1.Cl.Cl. The molecule has 0 radical (unpaired) electrons. The van der Waals surface area contributed by atoms with Crippen molar-refractivity contribution in [3.63, 3.8) is 0 Å². The van der Waals surface area contributed by atoms with E-state index in [4.69, 9.17) is 0 Å². The van der Waals surface area contributed by atoms with Crippen LogP contribution < -0.4 is 5.32 Å². The van der Waals surface area contributed by atoms with Gasteiger partial charge in [0.05, 0.1) is 17.1 Å². The minimum absolute atomic E-state index is 0. The summed E-state index contributed by atoms with van der Waals surface area (Å²) in [5.41, 5.74) is 1.94. The third kappa shape index (κ3) is 6.55. The molecule has 1 aliphatic heterocycles. The number of aromatic nitrogens is 2. The molecule has 1 amide bonds. The van der Waals surface area contributed by atoms with E-state index in [0.717, 1.165) is 42.3 Å². The molecule has 5 nitrogen and oxygen atoms in total. The molecule has 1 atom stereocenters.